The number of halogens is 2. The molecule has 0 bridgehead atoms. The van der Waals surface area contributed by atoms with Gasteiger partial charge in [0.15, 0.2) is 5.82 Å². The fourth-order valence-corrected chi connectivity index (χ4v) is 2.97. The highest BCUT2D eigenvalue weighted by molar-refractivity contribution is 6.30. The van der Waals surface area contributed by atoms with E-state index in [1.165, 1.54) is 16.6 Å². The summed E-state index contributed by atoms with van der Waals surface area (Å²) in [5, 5.41) is 14.1. The number of rotatable bonds is 5. The zero-order chi connectivity index (χ0) is 20.4. The van der Waals surface area contributed by atoms with E-state index in [0.717, 1.165) is 5.56 Å². The van der Waals surface area contributed by atoms with Crippen LogP contribution in [0.1, 0.15) is 11.4 Å². The molecule has 0 unspecified atom stereocenters. The molecule has 2 aromatic carbocycles. The lowest BCUT2D eigenvalue weighted by Gasteiger charge is -2.06. The Balaban J connectivity index is 1.56. The molecule has 0 atom stereocenters. The molecule has 0 saturated heterocycles. The van der Waals surface area contributed by atoms with Crippen molar-refractivity contribution < 1.29 is 9.18 Å². The molecule has 0 aliphatic carbocycles. The molecule has 146 valence electrons. The van der Waals surface area contributed by atoms with Crippen LogP contribution in [-0.2, 0) is 17.8 Å². The fourth-order valence-electron chi connectivity index (χ4n) is 2.84. The number of hydrogen-bond acceptors (Lipinski definition) is 4. The van der Waals surface area contributed by atoms with Crippen LogP contribution in [-0.4, -0.2) is 25.7 Å². The predicted molar refractivity (Wildman–Crippen MR) is 106 cm³/mol. The Morgan fingerprint density at radius 3 is 2.59 bits per heavy atom. The van der Waals surface area contributed by atoms with Crippen LogP contribution in [0.25, 0.3) is 16.8 Å². The zero-order valence-electron chi connectivity index (χ0n) is 15.0. The van der Waals surface area contributed by atoms with Crippen LogP contribution < -0.4 is 10.9 Å². The Morgan fingerprint density at radius 2 is 1.86 bits per heavy atom. The van der Waals surface area contributed by atoms with E-state index in [0.29, 0.717) is 22.8 Å². The highest BCUT2D eigenvalue weighted by Crippen LogP contribution is 2.19. The largest absolute Gasteiger partial charge is 0.352 e. The number of carbonyl (C=O) groups is 1. The molecule has 4 aromatic rings. The number of fused-ring (bicyclic) bond motifs is 1. The molecule has 0 radical (unpaired) electrons. The molecule has 0 aliphatic rings. The molecule has 1 amide bonds. The van der Waals surface area contributed by atoms with Gasteiger partial charge in [-0.25, -0.2) is 14.0 Å². The first-order valence-corrected chi connectivity index (χ1v) is 9.12. The monoisotopic (exact) mass is 411 g/mol. The summed E-state index contributed by atoms with van der Waals surface area (Å²) in [7, 11) is 0. The Hall–Kier alpha value is -3.52. The van der Waals surface area contributed by atoms with Gasteiger partial charge in [-0.3, -0.25) is 9.59 Å². The molecule has 2 N–H and O–H groups in total. The van der Waals surface area contributed by atoms with Gasteiger partial charge >= 0.3 is 0 Å². The number of aromatic amines is 1. The van der Waals surface area contributed by atoms with E-state index in [4.69, 9.17) is 11.6 Å². The zero-order valence-corrected chi connectivity index (χ0v) is 15.8. The minimum Gasteiger partial charge on any atom is -0.352 e. The van der Waals surface area contributed by atoms with Crippen molar-refractivity contribution in [3.05, 3.63) is 87.2 Å². The van der Waals surface area contributed by atoms with E-state index in [1.54, 1.807) is 30.3 Å². The van der Waals surface area contributed by atoms with E-state index in [9.17, 15) is 14.0 Å². The second kappa shape index (κ2) is 7.84. The van der Waals surface area contributed by atoms with Gasteiger partial charge in [-0.15, -0.1) is 0 Å². The summed E-state index contributed by atoms with van der Waals surface area (Å²) in [5.41, 5.74) is 1.84. The number of nitrogens with zero attached hydrogens (tertiary/aromatic N) is 3. The molecule has 7 nitrogen and oxygen atoms in total. The van der Waals surface area contributed by atoms with E-state index in [2.05, 4.69) is 20.6 Å². The maximum atomic E-state index is 13.2. The quantitative estimate of drug-likeness (QED) is 0.528. The fraction of sp³-hybridized carbons (Fsp3) is 0.100. The summed E-state index contributed by atoms with van der Waals surface area (Å²) < 4.78 is 14.5. The van der Waals surface area contributed by atoms with Crippen LogP contribution in [0.5, 0.6) is 0 Å². The van der Waals surface area contributed by atoms with Crippen molar-refractivity contribution in [2.75, 3.05) is 0 Å². The topological polar surface area (TPSA) is 92.2 Å². The Bertz CT molecular complexity index is 1230. The van der Waals surface area contributed by atoms with E-state index >= 15 is 0 Å². The average Bonchev–Trinajstić information content (AvgIpc) is 3.17. The Kier molecular flexibility index (Phi) is 5.09. The van der Waals surface area contributed by atoms with Crippen LogP contribution in [0.4, 0.5) is 4.39 Å². The van der Waals surface area contributed by atoms with E-state index in [1.807, 2.05) is 12.1 Å². The number of carbonyl (C=O) groups excluding carboxylic acids is 1. The third kappa shape index (κ3) is 4.17. The summed E-state index contributed by atoms with van der Waals surface area (Å²) in [5.74, 6) is -0.365. The van der Waals surface area contributed by atoms with Crippen LogP contribution >= 0.6 is 11.6 Å². The maximum Gasteiger partial charge on any atom is 0.290 e. The third-order valence-electron chi connectivity index (χ3n) is 4.33. The highest BCUT2D eigenvalue weighted by atomic mass is 35.5. The lowest BCUT2D eigenvalue weighted by molar-refractivity contribution is -0.120. The van der Waals surface area contributed by atoms with Gasteiger partial charge in [-0.1, -0.05) is 23.7 Å². The van der Waals surface area contributed by atoms with Crippen LogP contribution in [0.2, 0.25) is 5.02 Å². The molecule has 29 heavy (non-hydrogen) atoms. The molecule has 0 aliphatic heterocycles. The van der Waals surface area contributed by atoms with Gasteiger partial charge in [0.1, 0.15) is 11.3 Å². The van der Waals surface area contributed by atoms with Crippen LogP contribution in [0.15, 0.2) is 59.4 Å². The van der Waals surface area contributed by atoms with E-state index < -0.39 is 5.56 Å². The number of aromatic nitrogens is 4. The smallest absolute Gasteiger partial charge is 0.290 e. The second-order valence-corrected chi connectivity index (χ2v) is 6.82. The van der Waals surface area contributed by atoms with Crippen LogP contribution in [0.3, 0.4) is 0 Å². The summed E-state index contributed by atoms with van der Waals surface area (Å²) in [6, 6.07) is 14.5. The number of benzene rings is 2. The number of hydrogen-bond donors (Lipinski definition) is 2. The Morgan fingerprint density at radius 1 is 1.14 bits per heavy atom. The van der Waals surface area contributed by atoms with Crippen molar-refractivity contribution >= 4 is 23.0 Å². The molecule has 2 aromatic heterocycles. The van der Waals surface area contributed by atoms with Crippen molar-refractivity contribution in [1.82, 2.24) is 25.1 Å². The molecule has 9 heteroatoms. The third-order valence-corrected chi connectivity index (χ3v) is 4.59. The van der Waals surface area contributed by atoms with Gasteiger partial charge < -0.3 is 5.32 Å². The van der Waals surface area contributed by atoms with Gasteiger partial charge in [0, 0.05) is 17.1 Å². The SMILES string of the molecule is O=C(Cc1n[nH]c(=O)c2cc(-c3ccc(F)cc3)nn12)NCc1ccc(Cl)cc1. The minimum atomic E-state index is -0.434. The normalized spacial score (nSPS) is 11.0. The summed E-state index contributed by atoms with van der Waals surface area (Å²) >= 11 is 5.85. The van der Waals surface area contributed by atoms with Gasteiger partial charge in [0.05, 0.1) is 12.1 Å². The minimum absolute atomic E-state index is 0.0780. The molecular formula is C20H15ClFN5O2. The molecule has 2 heterocycles. The maximum absolute atomic E-state index is 13.2. The van der Waals surface area contributed by atoms with Crippen molar-refractivity contribution in [3.63, 3.8) is 0 Å². The van der Waals surface area contributed by atoms with Gasteiger partial charge in [0.25, 0.3) is 5.56 Å². The Labute approximate surface area is 169 Å². The van der Waals surface area contributed by atoms with Gasteiger partial charge in [-0.2, -0.15) is 10.2 Å². The van der Waals surface area contributed by atoms with E-state index in [-0.39, 0.29) is 29.5 Å². The number of amides is 1. The number of nitrogens with one attached hydrogen (secondary N) is 2. The van der Waals surface area contributed by atoms with Crippen molar-refractivity contribution in [2.45, 2.75) is 13.0 Å². The standard InChI is InChI=1S/C20H15ClFN5O2/c21-14-5-1-12(2-6-14)11-23-19(28)10-18-24-25-20(29)17-9-16(26-27(17)18)13-3-7-15(22)8-4-13/h1-9H,10-11H2,(H,23,28)(H,25,29). The predicted octanol–water partition coefficient (Wildman–Crippen LogP) is 2.74. The average molecular weight is 412 g/mol. The lowest BCUT2D eigenvalue weighted by Crippen LogP contribution is -2.27. The number of H-pyrrole nitrogens is 1. The van der Waals surface area contributed by atoms with Crippen molar-refractivity contribution in [1.29, 1.82) is 0 Å². The first-order chi connectivity index (χ1) is 14.0. The summed E-state index contributed by atoms with van der Waals surface area (Å²) in [6.45, 7) is 0.336. The molecule has 0 saturated carbocycles. The van der Waals surface area contributed by atoms with Gasteiger partial charge in [0.2, 0.25) is 5.91 Å². The molecular weight excluding hydrogens is 397 g/mol. The molecule has 0 fully saturated rings. The van der Waals surface area contributed by atoms with Crippen LogP contribution in [0, 0.1) is 5.82 Å². The first-order valence-electron chi connectivity index (χ1n) is 8.74. The summed E-state index contributed by atoms with van der Waals surface area (Å²) in [6.07, 6.45) is -0.0780. The van der Waals surface area contributed by atoms with Gasteiger partial charge in [-0.05, 0) is 48.0 Å². The van der Waals surface area contributed by atoms with Crippen molar-refractivity contribution in [2.24, 2.45) is 0 Å². The van der Waals surface area contributed by atoms with Crippen molar-refractivity contribution in [3.8, 4) is 11.3 Å². The summed E-state index contributed by atoms with van der Waals surface area (Å²) in [4.78, 5) is 24.4. The molecule has 4 rings (SSSR count). The highest BCUT2D eigenvalue weighted by Gasteiger charge is 2.14. The lowest BCUT2D eigenvalue weighted by atomic mass is 10.1. The second-order valence-electron chi connectivity index (χ2n) is 6.38. The first kappa shape index (κ1) is 18.8. The molecule has 0 spiro atoms.